The second-order valence-electron chi connectivity index (χ2n) is 6.94. The molecular weight excluding hydrogens is 284 g/mol. The standard InChI is InChI=1S/C20H28N2O/c23-19(16-10-4-1-5-11-16)20(21-17-12-6-2-7-13-17)22-18-14-8-3-9-15-18/h1,4-5,10-11,17-18H,2-3,6-9,12-15H2,(H,21,22). The number of carbonyl (C=O) groups excluding carboxylic acids is 1. The van der Waals surface area contributed by atoms with Crippen molar-refractivity contribution in [2.45, 2.75) is 76.3 Å². The quantitative estimate of drug-likeness (QED) is 0.504. The van der Waals surface area contributed by atoms with Gasteiger partial charge in [-0.3, -0.25) is 9.79 Å². The number of benzene rings is 1. The lowest BCUT2D eigenvalue weighted by Gasteiger charge is -2.26. The van der Waals surface area contributed by atoms with E-state index < -0.39 is 0 Å². The predicted octanol–water partition coefficient (Wildman–Crippen LogP) is 4.52. The van der Waals surface area contributed by atoms with Gasteiger partial charge >= 0.3 is 0 Å². The Labute approximate surface area is 139 Å². The molecule has 0 heterocycles. The summed E-state index contributed by atoms with van der Waals surface area (Å²) >= 11 is 0. The molecule has 2 fully saturated rings. The Morgan fingerprint density at radius 3 is 2.13 bits per heavy atom. The van der Waals surface area contributed by atoms with E-state index in [4.69, 9.17) is 4.99 Å². The van der Waals surface area contributed by atoms with Gasteiger partial charge in [-0.2, -0.15) is 0 Å². The smallest absolute Gasteiger partial charge is 0.227 e. The predicted molar refractivity (Wildman–Crippen MR) is 95.1 cm³/mol. The molecule has 0 radical (unpaired) electrons. The third-order valence-electron chi connectivity index (χ3n) is 5.08. The van der Waals surface area contributed by atoms with Crippen molar-refractivity contribution >= 4 is 11.6 Å². The highest BCUT2D eigenvalue weighted by Crippen LogP contribution is 2.22. The summed E-state index contributed by atoms with van der Waals surface area (Å²) in [6, 6.07) is 10.3. The lowest BCUT2D eigenvalue weighted by atomic mass is 9.94. The molecule has 0 saturated heterocycles. The van der Waals surface area contributed by atoms with E-state index in [1.807, 2.05) is 30.3 Å². The van der Waals surface area contributed by atoms with Gasteiger partial charge in [0.05, 0.1) is 6.04 Å². The third kappa shape index (κ3) is 4.66. The van der Waals surface area contributed by atoms with E-state index in [1.54, 1.807) is 0 Å². The molecule has 3 nitrogen and oxygen atoms in total. The van der Waals surface area contributed by atoms with Gasteiger partial charge in [-0.25, -0.2) is 0 Å². The first-order chi connectivity index (χ1) is 11.3. The molecule has 2 aliphatic carbocycles. The first kappa shape index (κ1) is 16.2. The molecule has 3 heteroatoms. The number of ketones is 1. The fourth-order valence-corrected chi connectivity index (χ4v) is 3.72. The highest BCUT2D eigenvalue weighted by molar-refractivity contribution is 6.45. The third-order valence-corrected chi connectivity index (χ3v) is 5.08. The van der Waals surface area contributed by atoms with Gasteiger partial charge in [0.2, 0.25) is 5.78 Å². The van der Waals surface area contributed by atoms with Crippen LogP contribution in [0.3, 0.4) is 0 Å². The van der Waals surface area contributed by atoms with Gasteiger partial charge in [-0.1, -0.05) is 68.9 Å². The number of nitrogens with zero attached hydrogens (tertiary/aromatic N) is 1. The fraction of sp³-hybridized carbons (Fsp3) is 0.600. The molecule has 23 heavy (non-hydrogen) atoms. The minimum Gasteiger partial charge on any atom is -0.364 e. The Balaban J connectivity index is 1.76. The van der Waals surface area contributed by atoms with E-state index in [9.17, 15) is 4.79 Å². The van der Waals surface area contributed by atoms with E-state index in [0.29, 0.717) is 17.9 Å². The van der Waals surface area contributed by atoms with E-state index in [-0.39, 0.29) is 5.78 Å². The van der Waals surface area contributed by atoms with Gasteiger partial charge in [0.15, 0.2) is 5.84 Å². The maximum Gasteiger partial charge on any atom is 0.227 e. The van der Waals surface area contributed by atoms with Gasteiger partial charge in [-0.05, 0) is 25.7 Å². The minimum absolute atomic E-state index is 0.0572. The number of rotatable bonds is 4. The second kappa shape index (κ2) is 8.28. The van der Waals surface area contributed by atoms with Crippen molar-refractivity contribution in [1.82, 2.24) is 5.32 Å². The van der Waals surface area contributed by atoms with Crippen molar-refractivity contribution in [2.75, 3.05) is 0 Å². The molecule has 0 atom stereocenters. The number of Topliss-reactive ketones (excluding diaryl/α,β-unsaturated/α-hetero) is 1. The number of aliphatic imine (C=N–C) groups is 1. The minimum atomic E-state index is 0.0572. The molecule has 0 bridgehead atoms. The molecule has 1 aromatic carbocycles. The number of hydrogen-bond donors (Lipinski definition) is 1. The van der Waals surface area contributed by atoms with E-state index in [1.165, 1.54) is 38.5 Å². The fourth-order valence-electron chi connectivity index (χ4n) is 3.72. The zero-order valence-electron chi connectivity index (χ0n) is 14.0. The summed E-state index contributed by atoms with van der Waals surface area (Å²) < 4.78 is 0. The van der Waals surface area contributed by atoms with Crippen LogP contribution in [0.2, 0.25) is 0 Å². The molecule has 0 amide bonds. The maximum atomic E-state index is 12.9. The van der Waals surface area contributed by atoms with Gasteiger partial charge in [0.1, 0.15) is 0 Å². The van der Waals surface area contributed by atoms with E-state index >= 15 is 0 Å². The SMILES string of the molecule is O=C(C(=NC1CCCCC1)NC1CCCCC1)c1ccccc1. The Hall–Kier alpha value is -1.64. The van der Waals surface area contributed by atoms with Crippen LogP contribution in [0.5, 0.6) is 0 Å². The maximum absolute atomic E-state index is 12.9. The van der Waals surface area contributed by atoms with Crippen molar-refractivity contribution in [2.24, 2.45) is 4.99 Å². The molecular formula is C20H28N2O. The molecule has 0 aliphatic heterocycles. The first-order valence-corrected chi connectivity index (χ1v) is 9.27. The van der Waals surface area contributed by atoms with Crippen molar-refractivity contribution in [3.8, 4) is 0 Å². The summed E-state index contributed by atoms with van der Waals surface area (Å²) in [7, 11) is 0. The van der Waals surface area contributed by atoms with Crippen LogP contribution in [-0.4, -0.2) is 23.7 Å². The van der Waals surface area contributed by atoms with Crippen LogP contribution in [0.4, 0.5) is 0 Å². The Morgan fingerprint density at radius 2 is 1.48 bits per heavy atom. The van der Waals surface area contributed by atoms with Crippen LogP contribution in [0.1, 0.15) is 74.6 Å². The van der Waals surface area contributed by atoms with Crippen LogP contribution in [0, 0.1) is 0 Å². The summed E-state index contributed by atoms with van der Waals surface area (Å²) in [6.45, 7) is 0. The van der Waals surface area contributed by atoms with Gasteiger partial charge in [0.25, 0.3) is 0 Å². The largest absolute Gasteiger partial charge is 0.364 e. The average Bonchev–Trinajstić information content (AvgIpc) is 2.63. The first-order valence-electron chi connectivity index (χ1n) is 9.27. The molecule has 124 valence electrons. The van der Waals surface area contributed by atoms with Crippen LogP contribution >= 0.6 is 0 Å². The second-order valence-corrected chi connectivity index (χ2v) is 6.94. The molecule has 2 aliphatic rings. The summed E-state index contributed by atoms with van der Waals surface area (Å²) in [4.78, 5) is 17.8. The van der Waals surface area contributed by atoms with E-state index in [0.717, 1.165) is 31.2 Å². The summed E-state index contributed by atoms with van der Waals surface area (Å²) in [5.41, 5.74) is 0.741. The number of hydrogen-bond acceptors (Lipinski definition) is 2. The number of nitrogens with one attached hydrogen (secondary N) is 1. The Bertz CT molecular complexity index is 526. The van der Waals surface area contributed by atoms with Crippen LogP contribution < -0.4 is 5.32 Å². The number of amidine groups is 1. The lowest BCUT2D eigenvalue weighted by Crippen LogP contribution is -2.41. The van der Waals surface area contributed by atoms with Crippen molar-refractivity contribution < 1.29 is 4.79 Å². The lowest BCUT2D eigenvalue weighted by molar-refractivity contribution is 0.105. The Kier molecular flexibility index (Phi) is 5.84. The van der Waals surface area contributed by atoms with Gasteiger partial charge in [-0.15, -0.1) is 0 Å². The van der Waals surface area contributed by atoms with Crippen LogP contribution in [0.15, 0.2) is 35.3 Å². The van der Waals surface area contributed by atoms with Crippen molar-refractivity contribution in [3.05, 3.63) is 35.9 Å². The molecule has 1 aromatic rings. The van der Waals surface area contributed by atoms with Gasteiger partial charge < -0.3 is 5.32 Å². The van der Waals surface area contributed by atoms with E-state index in [2.05, 4.69) is 5.32 Å². The number of carbonyl (C=O) groups is 1. The van der Waals surface area contributed by atoms with Crippen molar-refractivity contribution in [1.29, 1.82) is 0 Å². The highest BCUT2D eigenvalue weighted by Gasteiger charge is 2.22. The molecule has 1 N–H and O–H groups in total. The summed E-state index contributed by atoms with van der Waals surface area (Å²) in [6.07, 6.45) is 12.2. The topological polar surface area (TPSA) is 41.5 Å². The molecule has 0 spiro atoms. The van der Waals surface area contributed by atoms with Gasteiger partial charge in [0, 0.05) is 11.6 Å². The zero-order chi connectivity index (χ0) is 15.9. The average molecular weight is 312 g/mol. The molecule has 3 rings (SSSR count). The summed E-state index contributed by atoms with van der Waals surface area (Å²) in [5.74, 6) is 0.664. The molecule has 2 saturated carbocycles. The monoisotopic (exact) mass is 312 g/mol. The van der Waals surface area contributed by atoms with Crippen LogP contribution in [-0.2, 0) is 0 Å². The Morgan fingerprint density at radius 1 is 0.870 bits per heavy atom. The highest BCUT2D eigenvalue weighted by atomic mass is 16.1. The molecule has 0 aromatic heterocycles. The summed E-state index contributed by atoms with van der Waals surface area (Å²) in [5, 5.41) is 3.50. The zero-order valence-corrected chi connectivity index (χ0v) is 14.0. The van der Waals surface area contributed by atoms with Crippen LogP contribution in [0.25, 0.3) is 0 Å². The van der Waals surface area contributed by atoms with Crippen molar-refractivity contribution in [3.63, 3.8) is 0 Å². The normalized spacial score (nSPS) is 21.1. The molecule has 0 unspecified atom stereocenters.